The molecule has 2 rings (SSSR count). The largest absolute Gasteiger partial charge is 0.294 e. The monoisotopic (exact) mass is 294 g/mol. The molecule has 0 amide bonds. The summed E-state index contributed by atoms with van der Waals surface area (Å²) in [5.41, 5.74) is 1.45. The van der Waals surface area contributed by atoms with E-state index in [1.54, 1.807) is 0 Å². The lowest BCUT2D eigenvalue weighted by molar-refractivity contribution is 0.0843. The van der Waals surface area contributed by atoms with Gasteiger partial charge in [-0.15, -0.1) is 0 Å². The van der Waals surface area contributed by atoms with Gasteiger partial charge in [0.2, 0.25) is 0 Å². The Labute approximate surface area is 132 Å². The van der Waals surface area contributed by atoms with Gasteiger partial charge in [0.05, 0.1) is 0 Å². The van der Waals surface area contributed by atoms with Gasteiger partial charge in [0, 0.05) is 23.5 Å². The average molecular weight is 294 g/mol. The minimum atomic E-state index is -0.116. The van der Waals surface area contributed by atoms with E-state index in [1.165, 1.54) is 0 Å². The van der Waals surface area contributed by atoms with Crippen LogP contribution in [0.4, 0.5) is 0 Å². The first kappa shape index (κ1) is 16.2. The summed E-state index contributed by atoms with van der Waals surface area (Å²) in [5.74, 6) is 0.157. The van der Waals surface area contributed by atoms with Crippen molar-refractivity contribution in [2.75, 3.05) is 0 Å². The second-order valence-corrected chi connectivity index (χ2v) is 5.72. The highest BCUT2D eigenvalue weighted by Crippen LogP contribution is 2.25. The van der Waals surface area contributed by atoms with Gasteiger partial charge in [-0.1, -0.05) is 74.5 Å². The van der Waals surface area contributed by atoms with Crippen LogP contribution in [0.5, 0.6) is 0 Å². The number of ketones is 2. The molecule has 0 aromatic heterocycles. The summed E-state index contributed by atoms with van der Waals surface area (Å²) < 4.78 is 0. The van der Waals surface area contributed by atoms with Gasteiger partial charge in [0.1, 0.15) is 0 Å². The quantitative estimate of drug-likeness (QED) is 0.687. The van der Waals surface area contributed by atoms with Gasteiger partial charge in [-0.05, 0) is 12.3 Å². The van der Waals surface area contributed by atoms with Crippen LogP contribution >= 0.6 is 0 Å². The first-order chi connectivity index (χ1) is 10.6. The van der Waals surface area contributed by atoms with Crippen LogP contribution in [-0.4, -0.2) is 11.6 Å². The lowest BCUT2D eigenvalue weighted by Crippen LogP contribution is -2.23. The van der Waals surface area contributed by atoms with Gasteiger partial charge in [-0.3, -0.25) is 9.59 Å². The van der Waals surface area contributed by atoms with E-state index in [4.69, 9.17) is 0 Å². The molecule has 0 heterocycles. The van der Waals surface area contributed by atoms with Gasteiger partial charge in [-0.25, -0.2) is 0 Å². The Morgan fingerprint density at radius 2 is 1.36 bits per heavy atom. The van der Waals surface area contributed by atoms with E-state index < -0.39 is 0 Å². The zero-order valence-electron chi connectivity index (χ0n) is 13.2. The third-order valence-electron chi connectivity index (χ3n) is 4.12. The van der Waals surface area contributed by atoms with E-state index in [2.05, 4.69) is 0 Å². The number of hydrogen-bond donors (Lipinski definition) is 0. The molecule has 0 spiro atoms. The highest BCUT2D eigenvalue weighted by atomic mass is 16.1. The topological polar surface area (TPSA) is 34.1 Å². The Morgan fingerprint density at radius 1 is 0.864 bits per heavy atom. The molecule has 2 aromatic carbocycles. The first-order valence-corrected chi connectivity index (χ1v) is 7.81. The van der Waals surface area contributed by atoms with E-state index in [0.29, 0.717) is 6.42 Å². The second kappa shape index (κ2) is 7.69. The Morgan fingerprint density at radius 3 is 1.86 bits per heavy atom. The molecule has 0 fully saturated rings. The molecular weight excluding hydrogens is 272 g/mol. The van der Waals surface area contributed by atoms with E-state index in [-0.39, 0.29) is 23.4 Å². The molecule has 0 aliphatic heterocycles. The van der Waals surface area contributed by atoms with Crippen LogP contribution in [0.3, 0.4) is 0 Å². The highest BCUT2D eigenvalue weighted by Gasteiger charge is 2.26. The molecule has 0 aliphatic carbocycles. The summed E-state index contributed by atoms with van der Waals surface area (Å²) in [5, 5.41) is 0. The zero-order chi connectivity index (χ0) is 15.9. The molecule has 0 unspecified atom stereocenters. The lowest BCUT2D eigenvalue weighted by atomic mass is 9.81. The van der Waals surface area contributed by atoms with Crippen LogP contribution in [0.15, 0.2) is 60.7 Å². The molecule has 0 aliphatic rings. The maximum absolute atomic E-state index is 12.6. The maximum Gasteiger partial charge on any atom is 0.166 e. The number of carbonyl (C=O) groups excluding carboxylic acids is 2. The van der Waals surface area contributed by atoms with E-state index in [1.807, 2.05) is 74.5 Å². The van der Waals surface area contributed by atoms with Crippen molar-refractivity contribution < 1.29 is 9.59 Å². The van der Waals surface area contributed by atoms with E-state index in [0.717, 1.165) is 17.5 Å². The third-order valence-corrected chi connectivity index (χ3v) is 4.12. The Kier molecular flexibility index (Phi) is 5.65. The maximum atomic E-state index is 12.6. The Bertz CT molecular complexity index is 617. The molecule has 0 saturated heterocycles. The predicted octanol–water partition coefficient (Wildman–Crippen LogP) is 4.80. The smallest absolute Gasteiger partial charge is 0.166 e. The number of carbonyl (C=O) groups is 2. The highest BCUT2D eigenvalue weighted by molar-refractivity contribution is 5.99. The molecule has 0 bridgehead atoms. The van der Waals surface area contributed by atoms with Crippen molar-refractivity contribution in [3.8, 4) is 0 Å². The summed E-state index contributed by atoms with van der Waals surface area (Å²) in [4.78, 5) is 24.9. The van der Waals surface area contributed by atoms with Crippen molar-refractivity contribution in [1.29, 1.82) is 0 Å². The van der Waals surface area contributed by atoms with Crippen molar-refractivity contribution in [3.63, 3.8) is 0 Å². The minimum absolute atomic E-state index is 0.0328. The van der Waals surface area contributed by atoms with Gasteiger partial charge in [-0.2, -0.15) is 0 Å². The summed E-state index contributed by atoms with van der Waals surface area (Å²) in [7, 11) is 0. The number of hydrogen-bond acceptors (Lipinski definition) is 2. The standard InChI is InChI=1S/C20H22O2/c1-3-18(20(22)17-12-8-5-9-13-17)15(2)14-19(21)16-10-6-4-7-11-16/h4-13,15,18H,3,14H2,1-2H3/t15-,18+/m0/s1. The van der Waals surface area contributed by atoms with Crippen LogP contribution in [0.25, 0.3) is 0 Å². The van der Waals surface area contributed by atoms with Crippen LogP contribution in [0.1, 0.15) is 47.4 Å². The summed E-state index contributed by atoms with van der Waals surface area (Å²) in [6, 6.07) is 18.6. The molecule has 0 saturated carbocycles. The van der Waals surface area contributed by atoms with Crippen LogP contribution in [-0.2, 0) is 0 Å². The fourth-order valence-corrected chi connectivity index (χ4v) is 2.84. The molecule has 2 nitrogen and oxygen atoms in total. The normalized spacial score (nSPS) is 13.4. The van der Waals surface area contributed by atoms with Crippen molar-refractivity contribution in [1.82, 2.24) is 0 Å². The third kappa shape index (κ3) is 3.91. The fraction of sp³-hybridized carbons (Fsp3) is 0.300. The lowest BCUT2D eigenvalue weighted by Gasteiger charge is -2.21. The number of benzene rings is 2. The summed E-state index contributed by atoms with van der Waals surface area (Å²) in [6.07, 6.45) is 1.15. The van der Waals surface area contributed by atoms with Gasteiger partial charge in [0.15, 0.2) is 11.6 Å². The SMILES string of the molecule is CC[C@@H](C(=O)c1ccccc1)[C@@H](C)CC(=O)c1ccccc1. The van der Waals surface area contributed by atoms with Crippen molar-refractivity contribution in [2.24, 2.45) is 11.8 Å². The van der Waals surface area contributed by atoms with Gasteiger partial charge in [0.25, 0.3) is 0 Å². The number of rotatable bonds is 7. The minimum Gasteiger partial charge on any atom is -0.294 e. The molecule has 22 heavy (non-hydrogen) atoms. The van der Waals surface area contributed by atoms with Gasteiger partial charge >= 0.3 is 0 Å². The Balaban J connectivity index is 2.07. The summed E-state index contributed by atoms with van der Waals surface area (Å²) >= 11 is 0. The van der Waals surface area contributed by atoms with Crippen LogP contribution < -0.4 is 0 Å². The molecule has 2 aromatic rings. The molecule has 2 heteroatoms. The molecule has 2 atom stereocenters. The number of Topliss-reactive ketones (excluding diaryl/α,β-unsaturated/α-hetero) is 2. The average Bonchev–Trinajstić information content (AvgIpc) is 2.57. The van der Waals surface area contributed by atoms with Crippen molar-refractivity contribution in [2.45, 2.75) is 26.7 Å². The molecule has 114 valence electrons. The van der Waals surface area contributed by atoms with Crippen molar-refractivity contribution >= 4 is 11.6 Å². The fourth-order valence-electron chi connectivity index (χ4n) is 2.84. The molecule has 0 N–H and O–H groups in total. The van der Waals surface area contributed by atoms with Crippen LogP contribution in [0.2, 0.25) is 0 Å². The Hall–Kier alpha value is -2.22. The van der Waals surface area contributed by atoms with Crippen molar-refractivity contribution in [3.05, 3.63) is 71.8 Å². The van der Waals surface area contributed by atoms with Crippen LogP contribution in [0, 0.1) is 11.8 Å². The first-order valence-electron chi connectivity index (χ1n) is 7.81. The van der Waals surface area contributed by atoms with E-state index in [9.17, 15) is 9.59 Å². The van der Waals surface area contributed by atoms with Gasteiger partial charge < -0.3 is 0 Å². The zero-order valence-corrected chi connectivity index (χ0v) is 13.2. The predicted molar refractivity (Wildman–Crippen MR) is 89.1 cm³/mol. The molecular formula is C20H22O2. The van der Waals surface area contributed by atoms with E-state index >= 15 is 0 Å². The molecule has 0 radical (unpaired) electrons. The second-order valence-electron chi connectivity index (χ2n) is 5.72. The summed E-state index contributed by atoms with van der Waals surface area (Å²) in [6.45, 7) is 4.00.